The molecule has 1 fully saturated rings. The van der Waals surface area contributed by atoms with Gasteiger partial charge in [0.1, 0.15) is 17.0 Å². The van der Waals surface area contributed by atoms with Crippen molar-refractivity contribution in [1.29, 1.82) is 0 Å². The van der Waals surface area contributed by atoms with E-state index in [9.17, 15) is 18.8 Å². The van der Waals surface area contributed by atoms with Gasteiger partial charge in [-0.2, -0.15) is 0 Å². The van der Waals surface area contributed by atoms with Gasteiger partial charge in [0.25, 0.3) is 5.56 Å². The normalized spacial score (nSPS) is 13.8. The predicted octanol–water partition coefficient (Wildman–Crippen LogP) is 2.45. The van der Waals surface area contributed by atoms with Gasteiger partial charge in [0.15, 0.2) is 0 Å². The van der Waals surface area contributed by atoms with Gasteiger partial charge in [-0.25, -0.2) is 9.18 Å². The first-order valence-electron chi connectivity index (χ1n) is 7.98. The number of aromatic nitrogens is 1. The standard InChI is InChI=1S/C11H11FN2O4.C7H8ClN/c1-18-10(17)11(2-3-11)14-5-7(12)4-8(9(14)16)13-6-15;1-5-2-3-7(9)6(8)4-5/h4-6H,2-3H2,1H3,(H,13,15);2-4H,9H2,1H3. The number of amides is 1. The first kappa shape index (κ1) is 20.4. The second kappa shape index (κ2) is 8.22. The Labute approximate surface area is 159 Å². The van der Waals surface area contributed by atoms with E-state index in [4.69, 9.17) is 17.3 Å². The number of pyridine rings is 1. The number of nitrogens with two attached hydrogens (primary N) is 1. The molecule has 1 amide bonds. The number of carbonyl (C=O) groups is 2. The number of nitrogen functional groups attached to an aromatic ring is 1. The molecule has 0 bridgehead atoms. The van der Waals surface area contributed by atoms with Crippen LogP contribution in [0.2, 0.25) is 5.02 Å². The lowest BCUT2D eigenvalue weighted by Crippen LogP contribution is -2.38. The number of carbonyl (C=O) groups excluding carboxylic acids is 2. The number of rotatable bonds is 4. The van der Waals surface area contributed by atoms with E-state index in [1.807, 2.05) is 19.1 Å². The molecule has 1 heterocycles. The molecule has 2 aromatic rings. The van der Waals surface area contributed by atoms with Crippen LogP contribution in [-0.4, -0.2) is 24.1 Å². The molecule has 1 saturated carbocycles. The number of hydrogen-bond acceptors (Lipinski definition) is 5. The zero-order valence-electron chi connectivity index (χ0n) is 14.8. The van der Waals surface area contributed by atoms with Crippen LogP contribution in [0.25, 0.3) is 0 Å². The Morgan fingerprint density at radius 3 is 2.56 bits per heavy atom. The maximum Gasteiger partial charge on any atom is 0.332 e. The smallest absolute Gasteiger partial charge is 0.332 e. The van der Waals surface area contributed by atoms with Gasteiger partial charge < -0.3 is 15.8 Å². The molecule has 0 aliphatic heterocycles. The monoisotopic (exact) mass is 395 g/mol. The average molecular weight is 396 g/mol. The summed E-state index contributed by atoms with van der Waals surface area (Å²) in [5.74, 6) is -1.30. The number of nitrogens with one attached hydrogen (secondary N) is 1. The maximum atomic E-state index is 13.4. The molecule has 27 heavy (non-hydrogen) atoms. The topological polar surface area (TPSA) is 103 Å². The molecule has 1 aromatic heterocycles. The van der Waals surface area contributed by atoms with E-state index in [0.29, 0.717) is 23.6 Å². The van der Waals surface area contributed by atoms with Gasteiger partial charge in [-0.05, 0) is 37.5 Å². The number of benzene rings is 1. The molecular formula is C18H19ClFN3O4. The molecule has 0 spiro atoms. The number of esters is 1. The Hall–Kier alpha value is -2.87. The minimum absolute atomic E-state index is 0.208. The Bertz CT molecular complexity index is 925. The fourth-order valence-electron chi connectivity index (χ4n) is 2.52. The van der Waals surface area contributed by atoms with Gasteiger partial charge >= 0.3 is 5.97 Å². The lowest BCUT2D eigenvalue weighted by molar-refractivity contribution is -0.146. The van der Waals surface area contributed by atoms with Gasteiger partial charge in [-0.1, -0.05) is 17.7 Å². The Morgan fingerprint density at radius 1 is 1.41 bits per heavy atom. The number of halogens is 2. The van der Waals surface area contributed by atoms with Gasteiger partial charge in [-0.15, -0.1) is 0 Å². The van der Waals surface area contributed by atoms with E-state index in [2.05, 4.69) is 10.1 Å². The van der Waals surface area contributed by atoms with Crippen LogP contribution >= 0.6 is 11.6 Å². The fraction of sp³-hybridized carbons (Fsp3) is 0.278. The second-order valence-electron chi connectivity index (χ2n) is 6.06. The van der Waals surface area contributed by atoms with Crippen LogP contribution in [0, 0.1) is 12.7 Å². The average Bonchev–Trinajstić information content (AvgIpc) is 3.43. The Balaban J connectivity index is 0.000000244. The molecule has 7 nitrogen and oxygen atoms in total. The highest BCUT2D eigenvalue weighted by atomic mass is 35.5. The fourth-order valence-corrected chi connectivity index (χ4v) is 2.75. The van der Waals surface area contributed by atoms with E-state index < -0.39 is 22.9 Å². The van der Waals surface area contributed by atoms with Crippen LogP contribution in [0.5, 0.6) is 0 Å². The van der Waals surface area contributed by atoms with Gasteiger partial charge in [-0.3, -0.25) is 14.2 Å². The molecule has 144 valence electrons. The predicted molar refractivity (Wildman–Crippen MR) is 100 cm³/mol. The van der Waals surface area contributed by atoms with Crippen LogP contribution in [-0.2, 0) is 19.9 Å². The summed E-state index contributed by atoms with van der Waals surface area (Å²) in [4.78, 5) is 34.0. The first-order chi connectivity index (χ1) is 12.7. The van der Waals surface area contributed by atoms with Crippen LogP contribution < -0.4 is 16.6 Å². The zero-order chi connectivity index (χ0) is 20.2. The largest absolute Gasteiger partial charge is 0.467 e. The number of anilines is 2. The van der Waals surface area contributed by atoms with Gasteiger partial charge in [0, 0.05) is 12.3 Å². The van der Waals surface area contributed by atoms with Crippen molar-refractivity contribution in [2.24, 2.45) is 0 Å². The lowest BCUT2D eigenvalue weighted by Gasteiger charge is -2.17. The number of methoxy groups -OCH3 is 1. The molecule has 9 heteroatoms. The van der Waals surface area contributed by atoms with E-state index >= 15 is 0 Å². The van der Waals surface area contributed by atoms with E-state index in [-0.39, 0.29) is 12.1 Å². The van der Waals surface area contributed by atoms with Crippen molar-refractivity contribution < 1.29 is 18.7 Å². The second-order valence-corrected chi connectivity index (χ2v) is 6.46. The third kappa shape index (κ3) is 4.46. The minimum atomic E-state index is -1.13. The van der Waals surface area contributed by atoms with E-state index in [0.717, 1.165) is 22.4 Å². The highest BCUT2D eigenvalue weighted by Gasteiger charge is 2.54. The van der Waals surface area contributed by atoms with E-state index in [1.54, 1.807) is 6.07 Å². The summed E-state index contributed by atoms with van der Waals surface area (Å²) < 4.78 is 19.0. The Morgan fingerprint density at radius 2 is 2.07 bits per heavy atom. The summed E-state index contributed by atoms with van der Waals surface area (Å²) in [6.07, 6.45) is 2.04. The summed E-state index contributed by atoms with van der Waals surface area (Å²) in [5.41, 5.74) is 5.26. The molecule has 0 radical (unpaired) electrons. The first-order valence-corrected chi connectivity index (χ1v) is 8.36. The Kier molecular flexibility index (Phi) is 6.22. The van der Waals surface area contributed by atoms with Crippen LogP contribution in [0.1, 0.15) is 18.4 Å². The van der Waals surface area contributed by atoms with Crippen molar-refractivity contribution in [2.75, 3.05) is 18.2 Å². The highest BCUT2D eigenvalue weighted by molar-refractivity contribution is 6.33. The van der Waals surface area contributed by atoms with Crippen molar-refractivity contribution in [3.05, 3.63) is 57.2 Å². The minimum Gasteiger partial charge on any atom is -0.467 e. The van der Waals surface area contributed by atoms with Crippen molar-refractivity contribution in [3.63, 3.8) is 0 Å². The van der Waals surface area contributed by atoms with Crippen LogP contribution in [0.15, 0.2) is 35.3 Å². The quantitative estimate of drug-likeness (QED) is 0.470. The number of ether oxygens (including phenoxy) is 1. The molecule has 3 N–H and O–H groups in total. The summed E-state index contributed by atoms with van der Waals surface area (Å²) in [6.45, 7) is 1.98. The molecular weight excluding hydrogens is 377 g/mol. The summed E-state index contributed by atoms with van der Waals surface area (Å²) in [7, 11) is 1.21. The van der Waals surface area contributed by atoms with Crippen molar-refractivity contribution in [1.82, 2.24) is 4.57 Å². The van der Waals surface area contributed by atoms with Gasteiger partial charge in [0.05, 0.1) is 17.8 Å². The van der Waals surface area contributed by atoms with Crippen molar-refractivity contribution >= 4 is 35.4 Å². The molecule has 1 aliphatic carbocycles. The van der Waals surface area contributed by atoms with Crippen molar-refractivity contribution in [3.8, 4) is 0 Å². The van der Waals surface area contributed by atoms with Crippen LogP contribution in [0.3, 0.4) is 0 Å². The van der Waals surface area contributed by atoms with Crippen LogP contribution in [0.4, 0.5) is 15.8 Å². The number of hydrogen-bond donors (Lipinski definition) is 2. The highest BCUT2D eigenvalue weighted by Crippen LogP contribution is 2.43. The SMILES string of the molecule is COC(=O)C1(n2cc(F)cc(NC=O)c2=O)CC1.Cc1ccc(N)c(Cl)c1. The molecule has 0 saturated heterocycles. The van der Waals surface area contributed by atoms with Crippen molar-refractivity contribution in [2.45, 2.75) is 25.3 Å². The zero-order valence-corrected chi connectivity index (χ0v) is 15.5. The third-order valence-electron chi connectivity index (χ3n) is 4.10. The molecule has 0 unspecified atom stereocenters. The van der Waals surface area contributed by atoms with E-state index in [1.165, 1.54) is 7.11 Å². The number of aryl methyl sites for hydroxylation is 1. The summed E-state index contributed by atoms with van der Waals surface area (Å²) >= 11 is 5.69. The summed E-state index contributed by atoms with van der Waals surface area (Å²) in [6, 6.07) is 6.48. The summed E-state index contributed by atoms with van der Waals surface area (Å²) in [5, 5.41) is 2.74. The lowest BCUT2D eigenvalue weighted by atomic mass is 10.2. The third-order valence-corrected chi connectivity index (χ3v) is 4.43. The maximum absolute atomic E-state index is 13.4. The number of nitrogens with zero attached hydrogens (tertiary/aromatic N) is 1. The molecule has 3 rings (SSSR count). The molecule has 1 aromatic carbocycles. The van der Waals surface area contributed by atoms with Gasteiger partial charge in [0.2, 0.25) is 6.41 Å². The molecule has 1 aliphatic rings. The molecule has 0 atom stereocenters.